The summed E-state index contributed by atoms with van der Waals surface area (Å²) in [5.41, 5.74) is 5.63. The largest absolute Gasteiger partial charge is 0.392 e. The van der Waals surface area contributed by atoms with Crippen LogP contribution in [0.1, 0.15) is 53.9 Å². The van der Waals surface area contributed by atoms with E-state index in [4.69, 9.17) is 18.9 Å². The van der Waals surface area contributed by atoms with Gasteiger partial charge >= 0.3 is 0 Å². The van der Waals surface area contributed by atoms with Crippen molar-refractivity contribution >= 4 is 10.0 Å². The average molecular weight is 671 g/mol. The fraction of sp³-hybridized carbons (Fsp3) is 0.368. The normalized spacial score (nSPS) is 23.0. The fourth-order valence-electron chi connectivity index (χ4n) is 6.77. The third-order valence-corrected chi connectivity index (χ3v) is 10.9. The molecule has 48 heavy (non-hydrogen) atoms. The Morgan fingerprint density at radius 1 is 0.771 bits per heavy atom. The molecule has 2 N–H and O–H groups in total. The molecule has 3 aliphatic rings. The van der Waals surface area contributed by atoms with Gasteiger partial charge in [-0.3, -0.25) is 0 Å². The Morgan fingerprint density at radius 3 is 2.21 bits per heavy atom. The van der Waals surface area contributed by atoms with E-state index in [0.717, 1.165) is 65.9 Å². The highest BCUT2D eigenvalue weighted by atomic mass is 32.2. The van der Waals surface area contributed by atoms with Gasteiger partial charge in [-0.25, -0.2) is 13.1 Å². The predicted molar refractivity (Wildman–Crippen MR) is 181 cm³/mol. The zero-order chi connectivity index (χ0) is 33.0. The van der Waals surface area contributed by atoms with Crippen LogP contribution in [0.2, 0.25) is 0 Å². The van der Waals surface area contributed by atoms with E-state index in [1.165, 1.54) is 0 Å². The number of nitrogens with one attached hydrogen (secondary N) is 1. The first-order valence-electron chi connectivity index (χ1n) is 16.6. The molecule has 0 radical (unpaired) electrons. The van der Waals surface area contributed by atoms with Crippen LogP contribution in [-0.2, 0) is 42.1 Å². The molecule has 10 heteroatoms. The third kappa shape index (κ3) is 7.72. The topological polar surface area (TPSA) is 107 Å². The van der Waals surface area contributed by atoms with Gasteiger partial charge in [0.15, 0.2) is 12.1 Å². The summed E-state index contributed by atoms with van der Waals surface area (Å²) >= 11 is 0. The molecular weight excluding hydrogens is 628 g/mol. The van der Waals surface area contributed by atoms with Crippen molar-refractivity contribution < 1.29 is 32.5 Å². The molecule has 0 amide bonds. The van der Waals surface area contributed by atoms with Gasteiger partial charge in [-0.05, 0) is 52.1 Å². The number of ether oxygens (including phenoxy) is 4. The second kappa shape index (κ2) is 14.6. The van der Waals surface area contributed by atoms with Crippen molar-refractivity contribution in [3.05, 3.63) is 125 Å². The Balaban J connectivity index is 1.08. The van der Waals surface area contributed by atoms with Gasteiger partial charge in [-0.2, -0.15) is 0 Å². The number of aliphatic hydroxyl groups excluding tert-OH is 1. The maximum Gasteiger partial charge on any atom is 0.240 e. The Bertz CT molecular complexity index is 1770. The van der Waals surface area contributed by atoms with E-state index < -0.39 is 22.1 Å². The highest BCUT2D eigenvalue weighted by molar-refractivity contribution is 7.89. The number of likely N-dealkylation sites (tertiary alicyclic amines) is 1. The molecule has 3 fully saturated rings. The van der Waals surface area contributed by atoms with Crippen LogP contribution in [0.15, 0.2) is 108 Å². The van der Waals surface area contributed by atoms with Crippen molar-refractivity contribution in [2.75, 3.05) is 32.8 Å². The lowest BCUT2D eigenvalue weighted by molar-refractivity contribution is -0.255. The van der Waals surface area contributed by atoms with E-state index in [-0.39, 0.29) is 30.3 Å². The van der Waals surface area contributed by atoms with Crippen LogP contribution >= 0.6 is 0 Å². The van der Waals surface area contributed by atoms with Crippen molar-refractivity contribution in [1.82, 2.24) is 9.62 Å². The van der Waals surface area contributed by atoms with E-state index >= 15 is 0 Å². The number of hydrogen-bond donors (Lipinski definition) is 2. The highest BCUT2D eigenvalue weighted by Gasteiger charge is 2.41. The van der Waals surface area contributed by atoms with Crippen LogP contribution < -0.4 is 4.72 Å². The molecular formula is C38H42N2O7S. The number of sulfonamides is 1. The summed E-state index contributed by atoms with van der Waals surface area (Å²) in [7, 11) is -3.62. The molecule has 1 spiro atoms. The molecule has 4 aromatic rings. The zero-order valence-electron chi connectivity index (χ0n) is 26.9. The monoisotopic (exact) mass is 670 g/mol. The van der Waals surface area contributed by atoms with Gasteiger partial charge in [0.25, 0.3) is 0 Å². The van der Waals surface area contributed by atoms with E-state index in [1.54, 1.807) is 30.3 Å². The van der Waals surface area contributed by atoms with E-state index in [2.05, 4.69) is 15.7 Å². The van der Waals surface area contributed by atoms with Gasteiger partial charge in [0, 0.05) is 51.0 Å². The minimum absolute atomic E-state index is 0.00304. The molecule has 0 saturated carbocycles. The lowest BCUT2D eigenvalue weighted by atomic mass is 9.97. The van der Waals surface area contributed by atoms with Crippen LogP contribution in [0.3, 0.4) is 0 Å². The molecule has 3 unspecified atom stereocenters. The lowest BCUT2D eigenvalue weighted by Crippen LogP contribution is -2.48. The first-order valence-corrected chi connectivity index (χ1v) is 18.1. The van der Waals surface area contributed by atoms with E-state index in [1.807, 2.05) is 66.7 Å². The van der Waals surface area contributed by atoms with E-state index in [9.17, 15) is 13.5 Å². The molecule has 0 aliphatic carbocycles. The van der Waals surface area contributed by atoms with Crippen molar-refractivity contribution in [3.8, 4) is 11.1 Å². The number of piperidine rings is 1. The minimum atomic E-state index is -3.62. The van der Waals surface area contributed by atoms with E-state index in [0.29, 0.717) is 19.6 Å². The fourth-order valence-corrected chi connectivity index (χ4v) is 7.81. The first kappa shape index (κ1) is 33.1. The number of aliphatic hydroxyl groups is 1. The molecule has 4 aromatic carbocycles. The van der Waals surface area contributed by atoms with Gasteiger partial charge in [0.05, 0.1) is 36.9 Å². The number of rotatable bonds is 10. The smallest absolute Gasteiger partial charge is 0.240 e. The summed E-state index contributed by atoms with van der Waals surface area (Å²) in [6.45, 7) is 4.05. The van der Waals surface area contributed by atoms with Crippen LogP contribution in [-0.4, -0.2) is 63.2 Å². The van der Waals surface area contributed by atoms with Crippen molar-refractivity contribution in [2.45, 2.75) is 61.6 Å². The summed E-state index contributed by atoms with van der Waals surface area (Å²) < 4.78 is 53.5. The Labute approximate surface area is 282 Å². The van der Waals surface area contributed by atoms with Crippen molar-refractivity contribution in [1.29, 1.82) is 0 Å². The van der Waals surface area contributed by atoms with Crippen LogP contribution in [0.25, 0.3) is 11.1 Å². The maximum atomic E-state index is 12.8. The molecule has 252 valence electrons. The van der Waals surface area contributed by atoms with Gasteiger partial charge in [-0.15, -0.1) is 0 Å². The Morgan fingerprint density at radius 2 is 1.48 bits per heavy atom. The average Bonchev–Trinajstić information content (AvgIpc) is 3.60. The van der Waals surface area contributed by atoms with Crippen LogP contribution in [0.4, 0.5) is 0 Å². The van der Waals surface area contributed by atoms with Gasteiger partial charge < -0.3 is 29.0 Å². The second-order valence-corrected chi connectivity index (χ2v) is 14.5. The van der Waals surface area contributed by atoms with Crippen molar-refractivity contribution in [3.63, 3.8) is 0 Å². The molecule has 0 aromatic heterocycles. The number of benzene rings is 4. The van der Waals surface area contributed by atoms with Gasteiger partial charge in [-0.1, -0.05) is 78.9 Å². The molecule has 0 bridgehead atoms. The second-order valence-electron chi connectivity index (χ2n) is 12.7. The molecule has 3 heterocycles. The Hall–Kier alpha value is -3.45. The quantitative estimate of drug-likeness (QED) is 0.221. The lowest BCUT2D eigenvalue weighted by Gasteiger charge is -2.41. The number of nitrogens with zero attached hydrogens (tertiary/aromatic N) is 1. The standard InChI is InChI=1S/C38H42N2O7S/c41-27-28-12-14-30(15-13-28)36-24-34(26-40-18-16-38(17-19-40)44-20-21-45-38)46-37(47-36)33-9-5-8-32(23-33)31-7-4-6-29(22-31)25-39-48(42,43)35-10-2-1-3-11-35/h1-15,22-23,34,36-37,39,41H,16-21,24-27H2. The third-order valence-electron chi connectivity index (χ3n) is 9.45. The van der Waals surface area contributed by atoms with Gasteiger partial charge in [0.1, 0.15) is 0 Å². The Kier molecular flexibility index (Phi) is 10.0. The maximum absolute atomic E-state index is 12.8. The minimum Gasteiger partial charge on any atom is -0.392 e. The predicted octanol–water partition coefficient (Wildman–Crippen LogP) is 5.71. The molecule has 7 rings (SSSR count). The highest BCUT2D eigenvalue weighted by Crippen LogP contribution is 2.40. The zero-order valence-corrected chi connectivity index (χ0v) is 27.7. The summed E-state index contributed by atoms with van der Waals surface area (Å²) in [6, 6.07) is 32.4. The number of hydrogen-bond acceptors (Lipinski definition) is 8. The molecule has 3 saturated heterocycles. The summed E-state index contributed by atoms with van der Waals surface area (Å²) in [6.07, 6.45) is 1.59. The summed E-state index contributed by atoms with van der Waals surface area (Å²) in [5.74, 6) is -0.420. The molecule has 3 atom stereocenters. The first-order chi connectivity index (χ1) is 23.4. The molecule has 9 nitrogen and oxygen atoms in total. The SMILES string of the molecule is O=S(=O)(NCc1cccc(-c2cccc(C3OC(CN4CCC5(CC4)OCCO5)CC(c4ccc(CO)cc4)O3)c2)c1)c1ccccc1. The van der Waals surface area contributed by atoms with Gasteiger partial charge in [0.2, 0.25) is 10.0 Å². The van der Waals surface area contributed by atoms with Crippen molar-refractivity contribution in [2.24, 2.45) is 0 Å². The summed E-state index contributed by atoms with van der Waals surface area (Å²) in [5, 5.41) is 9.58. The molecule has 3 aliphatic heterocycles. The van der Waals surface area contributed by atoms with Crippen LogP contribution in [0.5, 0.6) is 0 Å². The summed E-state index contributed by atoms with van der Waals surface area (Å²) in [4.78, 5) is 2.67. The van der Waals surface area contributed by atoms with Crippen LogP contribution in [0, 0.1) is 0 Å².